The van der Waals surface area contributed by atoms with Gasteiger partial charge >= 0.3 is 6.03 Å². The van der Waals surface area contributed by atoms with Crippen LogP contribution in [0.15, 0.2) is 24.3 Å². The fourth-order valence-corrected chi connectivity index (χ4v) is 4.08. The number of urea groups is 1. The molecule has 0 unspecified atom stereocenters. The lowest BCUT2D eigenvalue weighted by Crippen LogP contribution is -2.49. The molecule has 3 amide bonds. The van der Waals surface area contributed by atoms with Crippen molar-refractivity contribution < 1.29 is 9.59 Å². The Morgan fingerprint density at radius 2 is 1.71 bits per heavy atom. The summed E-state index contributed by atoms with van der Waals surface area (Å²) in [4.78, 5) is 29.3. The second-order valence-electron chi connectivity index (χ2n) is 8.98. The van der Waals surface area contributed by atoms with Crippen molar-refractivity contribution >= 4 is 23.5 Å². The van der Waals surface area contributed by atoms with Crippen LogP contribution in [0.2, 0.25) is 5.02 Å². The highest BCUT2D eigenvalue weighted by atomic mass is 35.5. The number of likely N-dealkylation sites (tertiary alicyclic amines) is 1. The van der Waals surface area contributed by atoms with Crippen molar-refractivity contribution in [2.45, 2.75) is 52.4 Å². The molecule has 31 heavy (non-hydrogen) atoms. The first-order valence-corrected chi connectivity index (χ1v) is 11.9. The molecule has 7 heteroatoms. The van der Waals surface area contributed by atoms with Gasteiger partial charge in [0.15, 0.2) is 0 Å². The number of benzene rings is 1. The lowest BCUT2D eigenvalue weighted by molar-refractivity contribution is -0.126. The topological polar surface area (TPSA) is 64.7 Å². The van der Waals surface area contributed by atoms with Gasteiger partial charge in [0.25, 0.3) is 0 Å². The lowest BCUT2D eigenvalue weighted by Gasteiger charge is -2.33. The Morgan fingerprint density at radius 3 is 2.29 bits per heavy atom. The first-order chi connectivity index (χ1) is 14.8. The lowest BCUT2D eigenvalue weighted by atomic mass is 9.84. The van der Waals surface area contributed by atoms with Crippen LogP contribution in [0, 0.1) is 5.92 Å². The molecule has 0 atom stereocenters. The zero-order valence-corrected chi connectivity index (χ0v) is 20.3. The van der Waals surface area contributed by atoms with E-state index in [1.807, 2.05) is 29.2 Å². The molecule has 1 heterocycles. The molecule has 2 N–H and O–H groups in total. The van der Waals surface area contributed by atoms with E-state index in [0.29, 0.717) is 24.7 Å². The molecule has 0 aromatic heterocycles. The van der Waals surface area contributed by atoms with Crippen molar-refractivity contribution in [2.75, 3.05) is 45.8 Å². The summed E-state index contributed by atoms with van der Waals surface area (Å²) in [7, 11) is 0. The average Bonchev–Trinajstić information content (AvgIpc) is 2.78. The molecule has 1 aliphatic rings. The van der Waals surface area contributed by atoms with Gasteiger partial charge in [0.05, 0.1) is 0 Å². The normalized spacial score (nSPS) is 15.2. The first kappa shape index (κ1) is 25.5. The van der Waals surface area contributed by atoms with Crippen molar-refractivity contribution in [1.82, 2.24) is 20.4 Å². The van der Waals surface area contributed by atoms with Gasteiger partial charge in [-0.3, -0.25) is 4.79 Å². The van der Waals surface area contributed by atoms with E-state index in [1.165, 1.54) is 0 Å². The predicted octanol–water partition coefficient (Wildman–Crippen LogP) is 3.89. The maximum absolute atomic E-state index is 12.6. The number of hydrogen-bond acceptors (Lipinski definition) is 3. The molecule has 1 aromatic carbocycles. The molecule has 0 spiro atoms. The molecule has 0 bridgehead atoms. The van der Waals surface area contributed by atoms with E-state index in [0.717, 1.165) is 51.0 Å². The van der Waals surface area contributed by atoms with E-state index < -0.39 is 0 Å². The minimum Gasteiger partial charge on any atom is -0.356 e. The van der Waals surface area contributed by atoms with Gasteiger partial charge in [-0.15, -0.1) is 0 Å². The molecular weight excluding hydrogens is 412 g/mol. The summed E-state index contributed by atoms with van der Waals surface area (Å²) in [6, 6.07) is 7.70. The monoisotopic (exact) mass is 450 g/mol. The molecule has 6 nitrogen and oxygen atoms in total. The maximum Gasteiger partial charge on any atom is 0.317 e. The summed E-state index contributed by atoms with van der Waals surface area (Å²) in [6.07, 6.45) is 2.41. The number of piperidine rings is 1. The molecule has 1 aliphatic heterocycles. The summed E-state index contributed by atoms with van der Waals surface area (Å²) >= 11 is 5.98. The van der Waals surface area contributed by atoms with Crippen molar-refractivity contribution in [1.29, 1.82) is 0 Å². The fraction of sp³-hybridized carbons (Fsp3) is 0.667. The molecule has 1 aromatic rings. The third-order valence-corrected chi connectivity index (χ3v) is 6.56. The van der Waals surface area contributed by atoms with Crippen LogP contribution in [0.1, 0.15) is 52.5 Å². The highest BCUT2D eigenvalue weighted by Gasteiger charge is 2.28. The minimum absolute atomic E-state index is 0.00279. The zero-order chi connectivity index (χ0) is 22.9. The van der Waals surface area contributed by atoms with Gasteiger partial charge < -0.3 is 20.4 Å². The number of rotatable bonds is 10. The maximum atomic E-state index is 12.6. The van der Waals surface area contributed by atoms with Crippen LogP contribution >= 0.6 is 11.6 Å². The minimum atomic E-state index is -0.191. The van der Waals surface area contributed by atoms with Crippen LogP contribution in [0.4, 0.5) is 4.79 Å². The summed E-state index contributed by atoms with van der Waals surface area (Å²) < 4.78 is 0. The fourth-order valence-electron chi connectivity index (χ4n) is 3.95. The van der Waals surface area contributed by atoms with E-state index in [1.54, 1.807) is 0 Å². The van der Waals surface area contributed by atoms with Gasteiger partial charge in [-0.05, 0) is 56.6 Å². The number of carbonyl (C=O) groups is 2. The highest BCUT2D eigenvalue weighted by Crippen LogP contribution is 2.24. The Labute approximate surface area is 192 Å². The van der Waals surface area contributed by atoms with Gasteiger partial charge in [0, 0.05) is 42.5 Å². The predicted molar refractivity (Wildman–Crippen MR) is 128 cm³/mol. The van der Waals surface area contributed by atoms with Crippen LogP contribution in [0.5, 0.6) is 0 Å². The zero-order valence-electron chi connectivity index (χ0n) is 19.5. The number of halogens is 1. The highest BCUT2D eigenvalue weighted by molar-refractivity contribution is 6.30. The number of amides is 3. The largest absolute Gasteiger partial charge is 0.356 e. The Hall–Kier alpha value is -1.79. The molecule has 1 fully saturated rings. The van der Waals surface area contributed by atoms with Gasteiger partial charge in [-0.2, -0.15) is 0 Å². The summed E-state index contributed by atoms with van der Waals surface area (Å²) in [5.41, 5.74) is 0.942. The van der Waals surface area contributed by atoms with Crippen LogP contribution in [-0.4, -0.2) is 67.6 Å². The van der Waals surface area contributed by atoms with Gasteiger partial charge in [0.2, 0.25) is 5.91 Å². The van der Waals surface area contributed by atoms with Gasteiger partial charge in [-0.1, -0.05) is 51.4 Å². The van der Waals surface area contributed by atoms with Crippen molar-refractivity contribution in [3.8, 4) is 0 Å². The number of carbonyl (C=O) groups excluding carboxylic acids is 2. The molecule has 0 aliphatic carbocycles. The molecule has 0 radical (unpaired) electrons. The summed E-state index contributed by atoms with van der Waals surface area (Å²) in [5, 5.41) is 6.84. The van der Waals surface area contributed by atoms with Crippen molar-refractivity contribution in [3.63, 3.8) is 0 Å². The Kier molecular flexibility index (Phi) is 10.1. The van der Waals surface area contributed by atoms with E-state index in [9.17, 15) is 9.59 Å². The van der Waals surface area contributed by atoms with E-state index in [4.69, 9.17) is 11.6 Å². The van der Waals surface area contributed by atoms with E-state index in [-0.39, 0.29) is 23.3 Å². The second kappa shape index (κ2) is 12.3. The number of nitrogens with one attached hydrogen (secondary N) is 2. The Balaban J connectivity index is 1.69. The van der Waals surface area contributed by atoms with Crippen LogP contribution in [0.3, 0.4) is 0 Å². The smallest absolute Gasteiger partial charge is 0.317 e. The Morgan fingerprint density at radius 1 is 1.10 bits per heavy atom. The first-order valence-electron chi connectivity index (χ1n) is 11.6. The van der Waals surface area contributed by atoms with E-state index >= 15 is 0 Å². The molecule has 174 valence electrons. The third kappa shape index (κ3) is 8.00. The molecule has 2 rings (SSSR count). The number of nitrogens with zero attached hydrogens (tertiary/aromatic N) is 2. The number of hydrogen-bond donors (Lipinski definition) is 2. The van der Waals surface area contributed by atoms with Crippen molar-refractivity contribution in [3.05, 3.63) is 34.9 Å². The third-order valence-electron chi connectivity index (χ3n) is 6.30. The standard InChI is InChI=1S/C24H39ClN4O2/c1-5-28(6-2)15-7-14-26-22(30)19-12-16-29(17-13-19)23(31)27-18-24(3,4)20-8-10-21(25)11-9-20/h8-11,19H,5-7,12-18H2,1-4H3,(H,26,30)(H,27,31). The van der Waals surface area contributed by atoms with Gasteiger partial charge in [-0.25, -0.2) is 4.79 Å². The summed E-state index contributed by atoms with van der Waals surface area (Å²) in [5.74, 6) is 0.131. The van der Waals surface area contributed by atoms with Crippen molar-refractivity contribution in [2.24, 2.45) is 5.92 Å². The van der Waals surface area contributed by atoms with E-state index in [2.05, 4.69) is 43.2 Å². The second-order valence-corrected chi connectivity index (χ2v) is 9.42. The van der Waals surface area contributed by atoms with Crippen LogP contribution < -0.4 is 10.6 Å². The Bertz CT molecular complexity index is 696. The van der Waals surface area contributed by atoms with Gasteiger partial charge in [0.1, 0.15) is 0 Å². The quantitative estimate of drug-likeness (QED) is 0.531. The summed E-state index contributed by atoms with van der Waals surface area (Å²) in [6.45, 7) is 14.1. The van der Waals surface area contributed by atoms with Crippen LogP contribution in [0.25, 0.3) is 0 Å². The van der Waals surface area contributed by atoms with Crippen LogP contribution in [-0.2, 0) is 10.2 Å². The molecule has 1 saturated heterocycles. The molecular formula is C24H39ClN4O2. The molecule has 0 saturated carbocycles. The average molecular weight is 451 g/mol. The SMILES string of the molecule is CCN(CC)CCCNC(=O)C1CCN(C(=O)NCC(C)(C)c2ccc(Cl)cc2)CC1.